The van der Waals surface area contributed by atoms with Crippen molar-refractivity contribution >= 4 is 12.4 Å². The lowest BCUT2D eigenvalue weighted by atomic mass is 10.3. The summed E-state index contributed by atoms with van der Waals surface area (Å²) in [5, 5.41) is 0. The van der Waals surface area contributed by atoms with E-state index in [2.05, 4.69) is 10.8 Å². The number of halogens is 1. The average Bonchev–Trinajstić information content (AvgIpc) is 2.37. The van der Waals surface area contributed by atoms with Crippen LogP contribution in [0, 0.1) is 12.3 Å². The lowest BCUT2D eigenvalue weighted by molar-refractivity contribution is 0.110. The van der Waals surface area contributed by atoms with Crippen molar-refractivity contribution < 1.29 is 4.74 Å². The van der Waals surface area contributed by atoms with Crippen molar-refractivity contribution in [2.75, 3.05) is 26.7 Å². The van der Waals surface area contributed by atoms with Gasteiger partial charge >= 0.3 is 0 Å². The van der Waals surface area contributed by atoms with Gasteiger partial charge in [0, 0.05) is 20.2 Å². The standard InChI is InChI=1S/C8H13NO.ClH/c1-3-5-9-6-4-8(7-9)10-2;/h1,8H,4-7H2,2H3;1H/t8-;/m1./s1. The topological polar surface area (TPSA) is 12.5 Å². The molecule has 1 heterocycles. The molecule has 0 aromatic heterocycles. The third-order valence-corrected chi connectivity index (χ3v) is 1.88. The number of likely N-dealkylation sites (tertiary alicyclic amines) is 1. The molecule has 0 amide bonds. The van der Waals surface area contributed by atoms with Gasteiger partial charge in [0.05, 0.1) is 12.6 Å². The molecule has 2 nitrogen and oxygen atoms in total. The van der Waals surface area contributed by atoms with Gasteiger partial charge in [0.2, 0.25) is 0 Å². The lowest BCUT2D eigenvalue weighted by Gasteiger charge is -2.10. The van der Waals surface area contributed by atoms with E-state index >= 15 is 0 Å². The van der Waals surface area contributed by atoms with Crippen LogP contribution in [0.4, 0.5) is 0 Å². The minimum Gasteiger partial charge on any atom is -0.380 e. The first-order valence-corrected chi connectivity index (χ1v) is 3.55. The van der Waals surface area contributed by atoms with Crippen LogP contribution in [0.2, 0.25) is 0 Å². The van der Waals surface area contributed by atoms with Crippen LogP contribution < -0.4 is 0 Å². The zero-order chi connectivity index (χ0) is 7.40. The zero-order valence-corrected chi connectivity index (χ0v) is 7.56. The SMILES string of the molecule is C#CCN1CC[C@@H](OC)C1.Cl. The van der Waals surface area contributed by atoms with E-state index in [-0.39, 0.29) is 12.4 Å². The largest absolute Gasteiger partial charge is 0.380 e. The molecule has 1 fully saturated rings. The first kappa shape index (κ1) is 10.8. The molecule has 1 aliphatic rings. The minimum atomic E-state index is 0. The van der Waals surface area contributed by atoms with Crippen LogP contribution in [0.3, 0.4) is 0 Å². The second-order valence-electron chi connectivity index (χ2n) is 2.59. The van der Waals surface area contributed by atoms with Gasteiger partial charge in [0.1, 0.15) is 0 Å². The van der Waals surface area contributed by atoms with Crippen LogP contribution in [0.25, 0.3) is 0 Å². The Morgan fingerprint density at radius 1 is 1.73 bits per heavy atom. The fourth-order valence-electron chi connectivity index (χ4n) is 1.26. The smallest absolute Gasteiger partial charge is 0.0710 e. The van der Waals surface area contributed by atoms with Crippen LogP contribution in [-0.4, -0.2) is 37.7 Å². The van der Waals surface area contributed by atoms with Gasteiger partial charge in [-0.1, -0.05) is 5.92 Å². The monoisotopic (exact) mass is 175 g/mol. The highest BCUT2D eigenvalue weighted by Crippen LogP contribution is 2.10. The summed E-state index contributed by atoms with van der Waals surface area (Å²) >= 11 is 0. The third-order valence-electron chi connectivity index (χ3n) is 1.88. The van der Waals surface area contributed by atoms with Crippen molar-refractivity contribution in [3.05, 3.63) is 0 Å². The van der Waals surface area contributed by atoms with Gasteiger partial charge in [0.15, 0.2) is 0 Å². The molecule has 1 atom stereocenters. The average molecular weight is 176 g/mol. The van der Waals surface area contributed by atoms with Crippen LogP contribution >= 0.6 is 12.4 Å². The molecule has 0 bridgehead atoms. The van der Waals surface area contributed by atoms with E-state index in [0.29, 0.717) is 6.10 Å². The number of nitrogens with zero attached hydrogens (tertiary/aromatic N) is 1. The van der Waals surface area contributed by atoms with Gasteiger partial charge in [-0.3, -0.25) is 4.90 Å². The Balaban J connectivity index is 0.000001000. The molecule has 11 heavy (non-hydrogen) atoms. The molecule has 0 spiro atoms. The summed E-state index contributed by atoms with van der Waals surface area (Å²) < 4.78 is 5.18. The predicted molar refractivity (Wildman–Crippen MR) is 47.9 cm³/mol. The summed E-state index contributed by atoms with van der Waals surface area (Å²) in [6.07, 6.45) is 6.70. The quantitative estimate of drug-likeness (QED) is 0.575. The molecular weight excluding hydrogens is 162 g/mol. The van der Waals surface area contributed by atoms with Gasteiger partial charge in [-0.2, -0.15) is 0 Å². The van der Waals surface area contributed by atoms with Gasteiger partial charge in [0.25, 0.3) is 0 Å². The molecule has 0 N–H and O–H groups in total. The van der Waals surface area contributed by atoms with Gasteiger partial charge < -0.3 is 4.74 Å². The number of terminal acetylenes is 1. The Labute approximate surface area is 74.3 Å². The van der Waals surface area contributed by atoms with Gasteiger partial charge in [-0.05, 0) is 6.42 Å². The second kappa shape index (κ2) is 5.42. The van der Waals surface area contributed by atoms with Crippen LogP contribution in [0.1, 0.15) is 6.42 Å². The summed E-state index contributed by atoms with van der Waals surface area (Å²) in [5.74, 6) is 2.62. The summed E-state index contributed by atoms with van der Waals surface area (Å²) in [4.78, 5) is 2.23. The second-order valence-corrected chi connectivity index (χ2v) is 2.59. The maximum absolute atomic E-state index is 5.18. The fourth-order valence-corrected chi connectivity index (χ4v) is 1.26. The normalized spacial score (nSPS) is 24.2. The van der Waals surface area contributed by atoms with Crippen LogP contribution in [-0.2, 0) is 4.74 Å². The molecule has 3 heteroatoms. The molecule has 1 aliphatic heterocycles. The molecule has 0 aromatic rings. The highest BCUT2D eigenvalue weighted by molar-refractivity contribution is 5.85. The van der Waals surface area contributed by atoms with E-state index in [9.17, 15) is 0 Å². The Bertz CT molecular complexity index is 144. The van der Waals surface area contributed by atoms with E-state index in [1.165, 1.54) is 0 Å². The summed E-state index contributed by atoms with van der Waals surface area (Å²) in [6.45, 7) is 2.85. The maximum Gasteiger partial charge on any atom is 0.0710 e. The van der Waals surface area contributed by atoms with Crippen LogP contribution in [0.5, 0.6) is 0 Å². The van der Waals surface area contributed by atoms with E-state index in [1.54, 1.807) is 7.11 Å². The van der Waals surface area contributed by atoms with Crippen molar-refractivity contribution in [2.24, 2.45) is 0 Å². The Kier molecular flexibility index (Phi) is 5.31. The van der Waals surface area contributed by atoms with Gasteiger partial charge in [-0.15, -0.1) is 18.8 Å². The van der Waals surface area contributed by atoms with Crippen LogP contribution in [0.15, 0.2) is 0 Å². The van der Waals surface area contributed by atoms with Crippen molar-refractivity contribution in [3.8, 4) is 12.3 Å². The van der Waals surface area contributed by atoms with E-state index in [4.69, 9.17) is 11.2 Å². The molecule has 1 rings (SSSR count). The number of rotatable bonds is 2. The molecular formula is C8H14ClNO. The zero-order valence-electron chi connectivity index (χ0n) is 6.75. The molecule has 0 unspecified atom stereocenters. The molecule has 64 valence electrons. The Morgan fingerprint density at radius 3 is 2.91 bits per heavy atom. The predicted octanol–water partition coefficient (Wildman–Crippen LogP) is 0.762. The molecule has 1 saturated heterocycles. The fraction of sp³-hybridized carbons (Fsp3) is 0.750. The third kappa shape index (κ3) is 3.11. The first-order valence-electron chi connectivity index (χ1n) is 3.55. The number of hydrogen-bond donors (Lipinski definition) is 0. The number of hydrogen-bond acceptors (Lipinski definition) is 2. The minimum absolute atomic E-state index is 0. The number of ether oxygens (including phenoxy) is 1. The van der Waals surface area contributed by atoms with Gasteiger partial charge in [-0.25, -0.2) is 0 Å². The van der Waals surface area contributed by atoms with Crippen molar-refractivity contribution in [3.63, 3.8) is 0 Å². The molecule has 0 aromatic carbocycles. The van der Waals surface area contributed by atoms with Crippen molar-refractivity contribution in [1.82, 2.24) is 4.90 Å². The Hall–Kier alpha value is -0.230. The lowest BCUT2D eigenvalue weighted by Crippen LogP contribution is -2.22. The highest BCUT2D eigenvalue weighted by atomic mass is 35.5. The summed E-state index contributed by atoms with van der Waals surface area (Å²) in [7, 11) is 1.75. The van der Waals surface area contributed by atoms with E-state index < -0.39 is 0 Å². The van der Waals surface area contributed by atoms with Crippen molar-refractivity contribution in [2.45, 2.75) is 12.5 Å². The van der Waals surface area contributed by atoms with E-state index in [0.717, 1.165) is 26.1 Å². The molecule has 0 radical (unpaired) electrons. The van der Waals surface area contributed by atoms with E-state index in [1.807, 2.05) is 0 Å². The maximum atomic E-state index is 5.18. The van der Waals surface area contributed by atoms with Crippen molar-refractivity contribution in [1.29, 1.82) is 0 Å². The summed E-state index contributed by atoms with van der Waals surface area (Å²) in [6, 6.07) is 0. The Morgan fingerprint density at radius 2 is 2.45 bits per heavy atom. The number of methoxy groups -OCH3 is 1. The first-order chi connectivity index (χ1) is 4.86. The summed E-state index contributed by atoms with van der Waals surface area (Å²) in [5.41, 5.74) is 0. The molecule has 0 saturated carbocycles. The highest BCUT2D eigenvalue weighted by Gasteiger charge is 2.20. The molecule has 0 aliphatic carbocycles.